The van der Waals surface area contributed by atoms with Crippen molar-refractivity contribution in [2.45, 2.75) is 27.2 Å². The van der Waals surface area contributed by atoms with Gasteiger partial charge in [0, 0.05) is 31.1 Å². The minimum absolute atomic E-state index is 0.0784. The molecule has 108 valence electrons. The summed E-state index contributed by atoms with van der Waals surface area (Å²) in [6, 6.07) is 1.93. The van der Waals surface area contributed by atoms with E-state index < -0.39 is 0 Å². The van der Waals surface area contributed by atoms with E-state index in [2.05, 4.69) is 10.1 Å². The smallest absolute Gasteiger partial charge is 0.259 e. The van der Waals surface area contributed by atoms with Gasteiger partial charge in [0.2, 0.25) is 0 Å². The van der Waals surface area contributed by atoms with Crippen molar-refractivity contribution >= 4 is 11.6 Å². The number of aromatic nitrogens is 3. The second kappa shape index (κ2) is 6.00. The minimum atomic E-state index is -0.0894. The zero-order valence-corrected chi connectivity index (χ0v) is 12.1. The van der Waals surface area contributed by atoms with Crippen LogP contribution in [0.25, 0.3) is 5.65 Å². The molecule has 0 saturated carbocycles. The van der Waals surface area contributed by atoms with Gasteiger partial charge in [-0.15, -0.1) is 0 Å². The van der Waals surface area contributed by atoms with Crippen LogP contribution in [0.4, 0.5) is 0 Å². The fourth-order valence-corrected chi connectivity index (χ4v) is 2.26. The fraction of sp³-hybridized carbons (Fsp3) is 0.500. The Morgan fingerprint density at radius 2 is 2.20 bits per heavy atom. The number of hydrogen-bond donors (Lipinski definition) is 1. The molecule has 2 rings (SSSR count). The number of fused-ring (bicyclic) bond motifs is 1. The van der Waals surface area contributed by atoms with Crippen LogP contribution in [0.3, 0.4) is 0 Å². The molecule has 2 aromatic heterocycles. The van der Waals surface area contributed by atoms with Crippen LogP contribution < -0.4 is 0 Å². The predicted octanol–water partition coefficient (Wildman–Crippen LogP) is 1.19. The van der Waals surface area contributed by atoms with Crippen molar-refractivity contribution in [2.75, 3.05) is 19.7 Å². The lowest BCUT2D eigenvalue weighted by molar-refractivity contribution is 0.0756. The van der Waals surface area contributed by atoms with E-state index in [1.807, 2.05) is 26.8 Å². The van der Waals surface area contributed by atoms with E-state index in [1.165, 1.54) is 0 Å². The number of aryl methyl sites for hydroxylation is 2. The zero-order valence-electron chi connectivity index (χ0n) is 12.1. The lowest BCUT2D eigenvalue weighted by Gasteiger charge is -2.19. The lowest BCUT2D eigenvalue weighted by atomic mass is 10.2. The second-order valence-corrected chi connectivity index (χ2v) is 4.79. The molecule has 0 aliphatic rings. The highest BCUT2D eigenvalue weighted by Gasteiger charge is 2.20. The first-order valence-electron chi connectivity index (χ1n) is 6.80. The summed E-state index contributed by atoms with van der Waals surface area (Å²) in [6.45, 7) is 6.97. The summed E-state index contributed by atoms with van der Waals surface area (Å²) in [4.78, 5) is 18.6. The van der Waals surface area contributed by atoms with Gasteiger partial charge < -0.3 is 10.0 Å². The third-order valence-electron chi connectivity index (χ3n) is 3.26. The molecule has 2 heterocycles. The summed E-state index contributed by atoms with van der Waals surface area (Å²) in [6.07, 6.45) is 2.14. The molecule has 0 aliphatic heterocycles. The summed E-state index contributed by atoms with van der Waals surface area (Å²) in [5.74, 6) is -0.0894. The summed E-state index contributed by atoms with van der Waals surface area (Å²) < 4.78 is 1.68. The monoisotopic (exact) mass is 276 g/mol. The number of carbonyl (C=O) groups excluding carboxylic acids is 1. The molecule has 0 radical (unpaired) electrons. The van der Waals surface area contributed by atoms with Gasteiger partial charge in [0.15, 0.2) is 5.65 Å². The standard InChI is InChI=1S/C14H20N4O2/c1-4-17(6-5-7-19)14(20)12-9-15-18-11(3)8-10(2)16-13(12)18/h8-9,19H,4-7H2,1-3H3. The molecule has 0 bridgehead atoms. The van der Waals surface area contributed by atoms with Gasteiger partial charge in [-0.1, -0.05) is 0 Å². The van der Waals surface area contributed by atoms with Gasteiger partial charge in [0.05, 0.1) is 6.20 Å². The van der Waals surface area contributed by atoms with Gasteiger partial charge >= 0.3 is 0 Å². The third-order valence-corrected chi connectivity index (χ3v) is 3.26. The van der Waals surface area contributed by atoms with E-state index in [0.29, 0.717) is 30.7 Å². The third kappa shape index (κ3) is 2.65. The second-order valence-electron chi connectivity index (χ2n) is 4.79. The van der Waals surface area contributed by atoms with E-state index in [-0.39, 0.29) is 12.5 Å². The molecule has 1 N–H and O–H groups in total. The molecule has 0 spiro atoms. The van der Waals surface area contributed by atoms with Gasteiger partial charge in [-0.2, -0.15) is 5.10 Å². The number of hydrogen-bond acceptors (Lipinski definition) is 4. The van der Waals surface area contributed by atoms with Gasteiger partial charge in [0.1, 0.15) is 5.56 Å². The maximum atomic E-state index is 12.5. The van der Waals surface area contributed by atoms with Crippen molar-refractivity contribution in [3.63, 3.8) is 0 Å². The number of carbonyl (C=O) groups is 1. The number of rotatable bonds is 5. The van der Waals surface area contributed by atoms with Crippen LogP contribution in [-0.4, -0.2) is 50.2 Å². The van der Waals surface area contributed by atoms with Crippen molar-refractivity contribution in [2.24, 2.45) is 0 Å². The van der Waals surface area contributed by atoms with Crippen LogP contribution in [0.15, 0.2) is 12.3 Å². The highest BCUT2D eigenvalue weighted by Crippen LogP contribution is 2.14. The van der Waals surface area contributed by atoms with E-state index in [9.17, 15) is 4.79 Å². The van der Waals surface area contributed by atoms with Crippen molar-refractivity contribution in [3.8, 4) is 0 Å². The highest BCUT2D eigenvalue weighted by atomic mass is 16.3. The maximum Gasteiger partial charge on any atom is 0.259 e. The first-order valence-corrected chi connectivity index (χ1v) is 6.80. The minimum Gasteiger partial charge on any atom is -0.396 e. The molecule has 0 aliphatic carbocycles. The van der Waals surface area contributed by atoms with Gasteiger partial charge in [0.25, 0.3) is 5.91 Å². The molecular weight excluding hydrogens is 256 g/mol. The first-order chi connectivity index (χ1) is 9.58. The Hall–Kier alpha value is -1.95. The van der Waals surface area contributed by atoms with Crippen LogP contribution in [0.2, 0.25) is 0 Å². The molecule has 0 saturated heterocycles. The topological polar surface area (TPSA) is 70.7 Å². The molecule has 0 aromatic carbocycles. The molecule has 0 fully saturated rings. The molecular formula is C14H20N4O2. The maximum absolute atomic E-state index is 12.5. The van der Waals surface area contributed by atoms with Gasteiger partial charge in [-0.3, -0.25) is 4.79 Å². The van der Waals surface area contributed by atoms with Crippen molar-refractivity contribution < 1.29 is 9.90 Å². The van der Waals surface area contributed by atoms with Crippen molar-refractivity contribution in [1.29, 1.82) is 0 Å². The highest BCUT2D eigenvalue weighted by molar-refractivity contribution is 5.99. The van der Waals surface area contributed by atoms with E-state index >= 15 is 0 Å². The predicted molar refractivity (Wildman–Crippen MR) is 75.7 cm³/mol. The summed E-state index contributed by atoms with van der Waals surface area (Å²) in [7, 11) is 0. The SMILES string of the molecule is CCN(CCCO)C(=O)c1cnn2c(C)cc(C)nc12. The van der Waals surface area contributed by atoms with Gasteiger partial charge in [-0.05, 0) is 33.3 Å². The Bertz CT molecular complexity index is 621. The van der Waals surface area contributed by atoms with Crippen LogP contribution in [-0.2, 0) is 0 Å². The first kappa shape index (κ1) is 14.5. The Morgan fingerprint density at radius 1 is 1.45 bits per heavy atom. The Morgan fingerprint density at radius 3 is 2.85 bits per heavy atom. The Kier molecular flexibility index (Phi) is 4.34. The number of amides is 1. The Balaban J connectivity index is 2.39. The number of aliphatic hydroxyl groups excluding tert-OH is 1. The average Bonchev–Trinajstić information content (AvgIpc) is 2.83. The Labute approximate surface area is 118 Å². The molecule has 6 nitrogen and oxygen atoms in total. The van der Waals surface area contributed by atoms with E-state index in [4.69, 9.17) is 5.11 Å². The van der Waals surface area contributed by atoms with Crippen molar-refractivity contribution in [1.82, 2.24) is 19.5 Å². The molecule has 2 aromatic rings. The summed E-state index contributed by atoms with van der Waals surface area (Å²) in [5.41, 5.74) is 2.92. The normalized spacial score (nSPS) is 11.0. The van der Waals surface area contributed by atoms with Crippen LogP contribution in [0, 0.1) is 13.8 Å². The lowest BCUT2D eigenvalue weighted by Crippen LogP contribution is -2.32. The molecule has 0 unspecified atom stereocenters. The van der Waals surface area contributed by atoms with Gasteiger partial charge in [-0.25, -0.2) is 9.50 Å². The molecule has 20 heavy (non-hydrogen) atoms. The van der Waals surface area contributed by atoms with Crippen LogP contribution >= 0.6 is 0 Å². The molecule has 0 atom stereocenters. The van der Waals surface area contributed by atoms with Crippen LogP contribution in [0.5, 0.6) is 0 Å². The largest absolute Gasteiger partial charge is 0.396 e. The number of nitrogens with zero attached hydrogens (tertiary/aromatic N) is 4. The number of aliphatic hydroxyl groups is 1. The summed E-state index contributed by atoms with van der Waals surface area (Å²) in [5, 5.41) is 13.1. The fourth-order valence-electron chi connectivity index (χ4n) is 2.26. The average molecular weight is 276 g/mol. The van der Waals surface area contributed by atoms with E-state index in [1.54, 1.807) is 15.6 Å². The summed E-state index contributed by atoms with van der Waals surface area (Å²) >= 11 is 0. The quantitative estimate of drug-likeness (QED) is 0.890. The van der Waals surface area contributed by atoms with Crippen molar-refractivity contribution in [3.05, 3.63) is 29.2 Å². The van der Waals surface area contributed by atoms with Crippen LogP contribution in [0.1, 0.15) is 35.1 Å². The van der Waals surface area contributed by atoms with E-state index in [0.717, 1.165) is 11.4 Å². The molecule has 1 amide bonds. The zero-order chi connectivity index (χ0) is 14.7. The molecule has 6 heteroatoms.